The Bertz CT molecular complexity index is 2240. The molecule has 14 heteroatoms. The van der Waals surface area contributed by atoms with Gasteiger partial charge in [0.1, 0.15) is 35.4 Å². The van der Waals surface area contributed by atoms with Crippen LogP contribution in [0.25, 0.3) is 44.5 Å². The molecule has 4 nitrogen and oxygen atoms in total. The fraction of sp³-hybridized carbons (Fsp3) is 0. The highest BCUT2D eigenvalue weighted by Crippen LogP contribution is 2.62. The number of hydrogen-bond acceptors (Lipinski definition) is 4. The van der Waals surface area contributed by atoms with Crippen LogP contribution in [0.1, 0.15) is 22.3 Å². The minimum atomic E-state index is -2.49. The molecule has 0 N–H and O–H groups in total. The molecule has 0 radical (unpaired) electrons. The third-order valence-corrected chi connectivity index (χ3v) is 7.82. The van der Waals surface area contributed by atoms with Crippen LogP contribution in [0.5, 0.6) is 0 Å². The van der Waals surface area contributed by atoms with Gasteiger partial charge in [-0.2, -0.15) is 21.0 Å². The fourth-order valence-corrected chi connectivity index (χ4v) is 5.97. The second-order valence-corrected chi connectivity index (χ2v) is 10.0. The van der Waals surface area contributed by atoms with E-state index in [2.05, 4.69) is 0 Å². The zero-order valence-corrected chi connectivity index (χ0v) is 23.0. The Hall–Kier alpha value is -6.64. The van der Waals surface area contributed by atoms with Gasteiger partial charge in [-0.1, -0.05) is 36.4 Å². The summed E-state index contributed by atoms with van der Waals surface area (Å²) in [5.74, 6) is -23.5. The molecular weight excluding hydrogens is 654 g/mol. The van der Waals surface area contributed by atoms with Crippen molar-refractivity contribution >= 4 is 22.3 Å². The fourth-order valence-electron chi connectivity index (χ4n) is 5.97. The molecule has 2 aliphatic rings. The Balaban J connectivity index is 1.90. The number of nitrogens with zero attached hydrogens (tertiary/aromatic N) is 4. The summed E-state index contributed by atoms with van der Waals surface area (Å²) in [5.41, 5.74) is -9.41. The van der Waals surface area contributed by atoms with Gasteiger partial charge in [0.05, 0.1) is 11.1 Å². The van der Waals surface area contributed by atoms with Gasteiger partial charge in [0.15, 0.2) is 46.5 Å². The van der Waals surface area contributed by atoms with Crippen LogP contribution in [0.15, 0.2) is 47.5 Å². The van der Waals surface area contributed by atoms with Crippen LogP contribution in [-0.4, -0.2) is 0 Å². The summed E-state index contributed by atoms with van der Waals surface area (Å²) in [6.45, 7) is 0. The standard InChI is InChI=1S/C34H6F10N4/c35-25-21(26(36)30(40)33(43)29(25)39)15-5-1-3-13-17(11(7-45)8-46)23-20-14(18(12(9-47)10-48)24(23)19(13)15)4-2-6-16(20)22-27(37)31(41)34(44)32(42)28(22)38/h1-6H. The molecular formula is C34H6F10N4. The van der Waals surface area contributed by atoms with E-state index in [9.17, 15) is 47.4 Å². The summed E-state index contributed by atoms with van der Waals surface area (Å²) < 4.78 is 147. The molecule has 0 fully saturated rings. The lowest BCUT2D eigenvalue weighted by Gasteiger charge is -2.18. The van der Waals surface area contributed by atoms with Gasteiger partial charge >= 0.3 is 0 Å². The number of rotatable bonds is 2. The predicted octanol–water partition coefficient (Wildman–Crippen LogP) is 8.95. The molecule has 0 heterocycles. The summed E-state index contributed by atoms with van der Waals surface area (Å²) in [6, 6.07) is 12.5. The molecule has 232 valence electrons. The maximum Gasteiger partial charge on any atom is 0.200 e. The summed E-state index contributed by atoms with van der Waals surface area (Å²) in [4.78, 5) is 0. The van der Waals surface area contributed by atoms with Gasteiger partial charge in [-0.3, -0.25) is 0 Å². The molecule has 4 aromatic carbocycles. The number of benzene rings is 4. The first kappa shape index (κ1) is 31.3. The number of allylic oxidation sites excluding steroid dienone is 6. The number of fused-ring (bicyclic) bond motifs is 4. The molecule has 4 aromatic rings. The van der Waals surface area contributed by atoms with Crippen molar-refractivity contribution in [1.82, 2.24) is 0 Å². The lowest BCUT2D eigenvalue weighted by atomic mass is 9.84. The van der Waals surface area contributed by atoms with Crippen LogP contribution in [0.3, 0.4) is 0 Å². The van der Waals surface area contributed by atoms with Crippen LogP contribution < -0.4 is 0 Å². The molecule has 0 aromatic heterocycles. The zero-order chi connectivity index (χ0) is 34.9. The predicted molar refractivity (Wildman–Crippen MR) is 146 cm³/mol. The molecule has 0 spiro atoms. The molecule has 2 aliphatic carbocycles. The summed E-state index contributed by atoms with van der Waals surface area (Å²) in [6.07, 6.45) is 0. The molecule has 6 rings (SSSR count). The second-order valence-electron chi connectivity index (χ2n) is 10.0. The summed E-state index contributed by atoms with van der Waals surface area (Å²) in [5, 5.41) is 39.6. The first-order valence-electron chi connectivity index (χ1n) is 13.0. The molecule has 0 aliphatic heterocycles. The van der Waals surface area contributed by atoms with E-state index < -0.39 is 125 Å². The van der Waals surface area contributed by atoms with Gasteiger partial charge < -0.3 is 0 Å². The van der Waals surface area contributed by atoms with Crippen molar-refractivity contribution in [2.24, 2.45) is 0 Å². The van der Waals surface area contributed by atoms with Gasteiger partial charge in [-0.25, -0.2) is 43.9 Å². The van der Waals surface area contributed by atoms with Crippen molar-refractivity contribution in [2.45, 2.75) is 0 Å². The van der Waals surface area contributed by atoms with Gasteiger partial charge in [-0.05, 0) is 33.4 Å². The molecule has 0 saturated heterocycles. The quantitative estimate of drug-likeness (QED) is 0.0929. The third-order valence-electron chi connectivity index (χ3n) is 7.82. The van der Waals surface area contributed by atoms with Gasteiger partial charge in [0, 0.05) is 22.3 Å². The maximum absolute atomic E-state index is 15.3. The molecule has 0 saturated carbocycles. The topological polar surface area (TPSA) is 95.2 Å². The molecule has 0 atom stereocenters. The SMILES string of the molecule is N#CC(C#N)=C1C2=C(C(=C(C#N)C#N)c3cccc(-c4c(F)c(F)c(F)c(F)c4F)c32)c2c1cccc2-c1c(F)c(F)c(F)c(F)c1F. The number of hydrogen-bond donors (Lipinski definition) is 0. The highest BCUT2D eigenvalue weighted by atomic mass is 19.2. The maximum atomic E-state index is 15.3. The first-order chi connectivity index (χ1) is 22.9. The van der Waals surface area contributed by atoms with Crippen molar-refractivity contribution < 1.29 is 43.9 Å². The van der Waals surface area contributed by atoms with Crippen LogP contribution in [-0.2, 0) is 0 Å². The van der Waals surface area contributed by atoms with E-state index in [0.29, 0.717) is 0 Å². The van der Waals surface area contributed by atoms with Crippen molar-refractivity contribution in [3.05, 3.63) is 128 Å². The Morgan fingerprint density at radius 3 is 0.875 bits per heavy atom. The lowest BCUT2D eigenvalue weighted by molar-refractivity contribution is 0.381. The van der Waals surface area contributed by atoms with Crippen molar-refractivity contribution in [3.63, 3.8) is 0 Å². The van der Waals surface area contributed by atoms with E-state index in [-0.39, 0.29) is 11.1 Å². The van der Waals surface area contributed by atoms with E-state index in [0.717, 1.165) is 36.4 Å². The van der Waals surface area contributed by atoms with E-state index >= 15 is 17.6 Å². The van der Waals surface area contributed by atoms with E-state index in [1.165, 1.54) is 0 Å². The van der Waals surface area contributed by atoms with Gasteiger partial charge in [0.2, 0.25) is 11.6 Å². The molecule has 0 unspecified atom stereocenters. The van der Waals surface area contributed by atoms with Crippen LogP contribution in [0, 0.1) is 103 Å². The number of halogens is 10. The molecule has 0 amide bonds. The van der Waals surface area contributed by atoms with E-state index in [1.807, 2.05) is 0 Å². The lowest BCUT2D eigenvalue weighted by Crippen LogP contribution is -2.07. The first-order valence-corrected chi connectivity index (χ1v) is 13.0. The van der Waals surface area contributed by atoms with Crippen molar-refractivity contribution in [1.29, 1.82) is 21.0 Å². The van der Waals surface area contributed by atoms with Gasteiger partial charge in [-0.15, -0.1) is 0 Å². The van der Waals surface area contributed by atoms with E-state index in [1.54, 1.807) is 24.3 Å². The second kappa shape index (κ2) is 11.0. The average Bonchev–Trinajstić information content (AvgIpc) is 3.60. The summed E-state index contributed by atoms with van der Waals surface area (Å²) >= 11 is 0. The minimum absolute atomic E-state index is 0.301. The highest BCUT2D eigenvalue weighted by molar-refractivity contribution is 6.39. The Labute approximate surface area is 261 Å². The average molecular weight is 660 g/mol. The van der Waals surface area contributed by atoms with Crippen LogP contribution >= 0.6 is 0 Å². The largest absolute Gasteiger partial charge is 0.203 e. The highest BCUT2D eigenvalue weighted by Gasteiger charge is 2.44. The molecule has 48 heavy (non-hydrogen) atoms. The van der Waals surface area contributed by atoms with E-state index in [4.69, 9.17) is 0 Å². The van der Waals surface area contributed by atoms with Gasteiger partial charge in [0.25, 0.3) is 0 Å². The zero-order valence-electron chi connectivity index (χ0n) is 23.0. The Kier molecular flexibility index (Phi) is 7.19. The molecule has 0 bridgehead atoms. The smallest absolute Gasteiger partial charge is 0.200 e. The van der Waals surface area contributed by atoms with Crippen molar-refractivity contribution in [2.75, 3.05) is 0 Å². The monoisotopic (exact) mass is 660 g/mol. The Morgan fingerprint density at radius 1 is 0.354 bits per heavy atom. The normalized spacial score (nSPS) is 12.5. The minimum Gasteiger partial charge on any atom is -0.203 e. The van der Waals surface area contributed by atoms with Crippen LogP contribution in [0.4, 0.5) is 43.9 Å². The third kappa shape index (κ3) is 3.93. The number of nitriles is 4. The van der Waals surface area contributed by atoms with Crippen molar-refractivity contribution in [3.8, 4) is 46.5 Å². The summed E-state index contributed by atoms with van der Waals surface area (Å²) in [7, 11) is 0. The van der Waals surface area contributed by atoms with Crippen LogP contribution in [0.2, 0.25) is 0 Å². The Morgan fingerprint density at radius 2 is 0.604 bits per heavy atom.